The van der Waals surface area contributed by atoms with Crippen molar-refractivity contribution in [1.29, 1.82) is 0 Å². The Hall–Kier alpha value is -0.340. The van der Waals surface area contributed by atoms with E-state index in [2.05, 4.69) is 52.4 Å². The van der Waals surface area contributed by atoms with E-state index in [0.717, 1.165) is 22.4 Å². The van der Waals surface area contributed by atoms with Gasteiger partial charge in [-0.3, -0.25) is 0 Å². The first-order valence-electron chi connectivity index (χ1n) is 6.75. The molecule has 0 radical (unpaired) electrons. The van der Waals surface area contributed by atoms with Crippen LogP contribution in [-0.2, 0) is 0 Å². The van der Waals surface area contributed by atoms with Crippen LogP contribution < -0.4 is 5.32 Å². The standard InChI is InChI=1S/C15H20BrN/c1-10(11-6-8-14(16)9-7-11)17-15(12-2-3-12)13-4-5-13/h6-10,12-13,15,17H,2-5H2,1H3/t10-/m0/s1. The molecule has 1 atom stereocenters. The molecule has 1 N–H and O–H groups in total. The minimum atomic E-state index is 0.481. The van der Waals surface area contributed by atoms with Crippen molar-refractivity contribution in [3.63, 3.8) is 0 Å². The summed E-state index contributed by atoms with van der Waals surface area (Å²) in [6.07, 6.45) is 5.78. The maximum Gasteiger partial charge on any atom is 0.0294 e. The summed E-state index contributed by atoms with van der Waals surface area (Å²) >= 11 is 3.49. The lowest BCUT2D eigenvalue weighted by Gasteiger charge is -2.23. The van der Waals surface area contributed by atoms with E-state index in [0.29, 0.717) is 6.04 Å². The molecular formula is C15H20BrN. The predicted molar refractivity (Wildman–Crippen MR) is 74.9 cm³/mol. The van der Waals surface area contributed by atoms with E-state index >= 15 is 0 Å². The van der Waals surface area contributed by atoms with Gasteiger partial charge in [-0.25, -0.2) is 0 Å². The fourth-order valence-corrected chi connectivity index (χ4v) is 2.97. The molecule has 2 heteroatoms. The van der Waals surface area contributed by atoms with E-state index in [-0.39, 0.29) is 0 Å². The Morgan fingerprint density at radius 1 is 1.06 bits per heavy atom. The highest BCUT2D eigenvalue weighted by Crippen LogP contribution is 2.45. The Balaban J connectivity index is 1.64. The molecule has 0 aromatic heterocycles. The van der Waals surface area contributed by atoms with Crippen LogP contribution in [0.4, 0.5) is 0 Å². The van der Waals surface area contributed by atoms with Crippen LogP contribution in [-0.4, -0.2) is 6.04 Å². The van der Waals surface area contributed by atoms with Gasteiger partial charge >= 0.3 is 0 Å². The first-order chi connectivity index (χ1) is 8.24. The highest BCUT2D eigenvalue weighted by atomic mass is 79.9. The summed E-state index contributed by atoms with van der Waals surface area (Å²) in [7, 11) is 0. The lowest BCUT2D eigenvalue weighted by molar-refractivity contribution is 0.377. The SMILES string of the molecule is C[C@H](NC(C1CC1)C1CC1)c1ccc(Br)cc1. The van der Waals surface area contributed by atoms with E-state index in [1.165, 1.54) is 31.2 Å². The van der Waals surface area contributed by atoms with Gasteiger partial charge in [0.15, 0.2) is 0 Å². The third-order valence-corrected chi connectivity index (χ3v) is 4.60. The lowest BCUT2D eigenvalue weighted by Crippen LogP contribution is -2.35. The van der Waals surface area contributed by atoms with Gasteiger partial charge in [-0.2, -0.15) is 0 Å². The van der Waals surface area contributed by atoms with Crippen molar-refractivity contribution in [2.75, 3.05) is 0 Å². The predicted octanol–water partition coefficient (Wildman–Crippen LogP) is 4.29. The van der Waals surface area contributed by atoms with Gasteiger partial charge in [0.2, 0.25) is 0 Å². The number of benzene rings is 1. The molecule has 2 aliphatic carbocycles. The average molecular weight is 294 g/mol. The second kappa shape index (κ2) is 4.74. The first-order valence-corrected chi connectivity index (χ1v) is 7.55. The molecule has 2 aliphatic rings. The van der Waals surface area contributed by atoms with Crippen LogP contribution in [0.25, 0.3) is 0 Å². The Morgan fingerprint density at radius 2 is 1.59 bits per heavy atom. The second-order valence-corrected chi connectivity index (χ2v) is 6.56. The molecule has 0 unspecified atom stereocenters. The van der Waals surface area contributed by atoms with Crippen molar-refractivity contribution in [3.05, 3.63) is 34.3 Å². The van der Waals surface area contributed by atoms with E-state index in [1.54, 1.807) is 0 Å². The largest absolute Gasteiger partial charge is 0.307 e. The monoisotopic (exact) mass is 293 g/mol. The molecule has 0 spiro atoms. The fraction of sp³-hybridized carbons (Fsp3) is 0.600. The summed E-state index contributed by atoms with van der Waals surface area (Å²) < 4.78 is 1.16. The minimum absolute atomic E-state index is 0.481. The minimum Gasteiger partial charge on any atom is -0.307 e. The Morgan fingerprint density at radius 3 is 2.06 bits per heavy atom. The molecule has 0 bridgehead atoms. The molecule has 1 nitrogen and oxygen atoms in total. The topological polar surface area (TPSA) is 12.0 Å². The van der Waals surface area contributed by atoms with Crippen LogP contribution in [0.5, 0.6) is 0 Å². The van der Waals surface area contributed by atoms with Gasteiger partial charge in [0.25, 0.3) is 0 Å². The molecule has 1 aromatic rings. The van der Waals surface area contributed by atoms with Crippen LogP contribution >= 0.6 is 15.9 Å². The van der Waals surface area contributed by atoms with Crippen molar-refractivity contribution in [2.24, 2.45) is 11.8 Å². The van der Waals surface area contributed by atoms with E-state index < -0.39 is 0 Å². The molecule has 17 heavy (non-hydrogen) atoms. The Bertz CT molecular complexity index is 366. The molecule has 0 aliphatic heterocycles. The highest BCUT2D eigenvalue weighted by molar-refractivity contribution is 9.10. The number of halogens is 1. The molecule has 2 fully saturated rings. The van der Waals surface area contributed by atoms with E-state index in [4.69, 9.17) is 0 Å². The van der Waals surface area contributed by atoms with Crippen LogP contribution in [0.3, 0.4) is 0 Å². The zero-order valence-electron chi connectivity index (χ0n) is 10.3. The molecule has 0 heterocycles. The van der Waals surface area contributed by atoms with Crippen molar-refractivity contribution in [3.8, 4) is 0 Å². The van der Waals surface area contributed by atoms with E-state index in [9.17, 15) is 0 Å². The zero-order valence-corrected chi connectivity index (χ0v) is 11.9. The summed E-state index contributed by atoms with van der Waals surface area (Å²) in [5.74, 6) is 1.95. The van der Waals surface area contributed by atoms with Crippen molar-refractivity contribution in [1.82, 2.24) is 5.32 Å². The van der Waals surface area contributed by atoms with Crippen LogP contribution in [0.2, 0.25) is 0 Å². The van der Waals surface area contributed by atoms with Gasteiger partial charge < -0.3 is 5.32 Å². The summed E-state index contributed by atoms with van der Waals surface area (Å²) in [6.45, 7) is 2.29. The number of rotatable bonds is 5. The van der Waals surface area contributed by atoms with E-state index in [1.807, 2.05) is 0 Å². The molecule has 0 saturated heterocycles. The summed E-state index contributed by atoms with van der Waals surface area (Å²) in [6, 6.07) is 9.98. The molecule has 92 valence electrons. The van der Waals surface area contributed by atoms with Gasteiger partial charge in [-0.15, -0.1) is 0 Å². The zero-order chi connectivity index (χ0) is 11.8. The van der Waals surface area contributed by atoms with Crippen molar-refractivity contribution >= 4 is 15.9 Å². The number of nitrogens with one attached hydrogen (secondary N) is 1. The van der Waals surface area contributed by atoms with Gasteiger partial charge in [0.1, 0.15) is 0 Å². The highest BCUT2D eigenvalue weighted by Gasteiger charge is 2.41. The lowest BCUT2D eigenvalue weighted by atomic mass is 10.0. The quantitative estimate of drug-likeness (QED) is 0.854. The number of hydrogen-bond donors (Lipinski definition) is 1. The smallest absolute Gasteiger partial charge is 0.0294 e. The van der Waals surface area contributed by atoms with Gasteiger partial charge in [0.05, 0.1) is 0 Å². The van der Waals surface area contributed by atoms with Crippen LogP contribution in [0, 0.1) is 11.8 Å². The summed E-state index contributed by atoms with van der Waals surface area (Å²) in [4.78, 5) is 0. The van der Waals surface area contributed by atoms with Gasteiger partial charge in [0, 0.05) is 16.6 Å². The first kappa shape index (κ1) is 11.7. The van der Waals surface area contributed by atoms with Crippen LogP contribution in [0.15, 0.2) is 28.7 Å². The Kier molecular flexibility index (Phi) is 3.27. The molecule has 0 amide bonds. The Labute approximate surface area is 112 Å². The second-order valence-electron chi connectivity index (χ2n) is 5.64. The molecular weight excluding hydrogens is 274 g/mol. The van der Waals surface area contributed by atoms with Crippen molar-refractivity contribution < 1.29 is 0 Å². The normalized spacial score (nSPS) is 21.8. The average Bonchev–Trinajstić information content (AvgIpc) is 3.17. The summed E-state index contributed by atoms with van der Waals surface area (Å²) in [5, 5.41) is 3.86. The maximum absolute atomic E-state index is 3.86. The van der Waals surface area contributed by atoms with Crippen molar-refractivity contribution in [2.45, 2.75) is 44.7 Å². The molecule has 1 aromatic carbocycles. The third kappa shape index (κ3) is 2.92. The van der Waals surface area contributed by atoms with Gasteiger partial charge in [-0.1, -0.05) is 28.1 Å². The maximum atomic E-state index is 3.86. The van der Waals surface area contributed by atoms with Gasteiger partial charge in [-0.05, 0) is 62.1 Å². The van der Waals surface area contributed by atoms with Crippen LogP contribution in [0.1, 0.15) is 44.2 Å². The number of hydrogen-bond acceptors (Lipinski definition) is 1. The third-order valence-electron chi connectivity index (χ3n) is 4.07. The fourth-order valence-electron chi connectivity index (χ4n) is 2.70. The molecule has 2 saturated carbocycles. The summed E-state index contributed by atoms with van der Waals surface area (Å²) in [5.41, 5.74) is 1.40. The molecule has 3 rings (SSSR count).